The molecule has 0 bridgehead atoms. The van der Waals surface area contributed by atoms with E-state index in [1.165, 1.54) is 18.2 Å². The number of amides is 2. The molecule has 0 saturated carbocycles. The molecule has 2 N–H and O–H groups in total. The highest BCUT2D eigenvalue weighted by Gasteiger charge is 2.18. The molecule has 0 radical (unpaired) electrons. The molecule has 0 aliphatic rings. The molecule has 0 aromatic heterocycles. The maximum atomic E-state index is 12.5. The van der Waals surface area contributed by atoms with Crippen LogP contribution in [0.15, 0.2) is 53.4 Å². The van der Waals surface area contributed by atoms with Crippen molar-refractivity contribution >= 4 is 27.5 Å². The summed E-state index contributed by atoms with van der Waals surface area (Å²) in [5, 5.41) is 2.72. The number of nitrogens with zero attached hydrogens (tertiary/aromatic N) is 1. The van der Waals surface area contributed by atoms with E-state index < -0.39 is 15.9 Å². The molecule has 2 aromatic rings. The van der Waals surface area contributed by atoms with Crippen LogP contribution in [-0.4, -0.2) is 44.3 Å². The summed E-state index contributed by atoms with van der Waals surface area (Å²) < 4.78 is 27.1. The molecule has 0 atom stereocenters. The molecule has 0 fully saturated rings. The number of anilines is 1. The zero-order chi connectivity index (χ0) is 21.6. The van der Waals surface area contributed by atoms with Crippen LogP contribution in [0.4, 0.5) is 5.69 Å². The molecule has 0 heterocycles. The zero-order valence-electron chi connectivity index (χ0n) is 17.1. The molecular weight excluding hydrogens is 390 g/mol. The first-order valence-electron chi connectivity index (χ1n) is 9.51. The Kier molecular flexibility index (Phi) is 7.53. The lowest BCUT2D eigenvalue weighted by atomic mass is 10.1. The molecule has 0 unspecified atom stereocenters. The number of hydrogen-bond donors (Lipinski definition) is 2. The van der Waals surface area contributed by atoms with Crippen LogP contribution in [0.5, 0.6) is 0 Å². The van der Waals surface area contributed by atoms with E-state index in [1.807, 2.05) is 13.8 Å². The summed E-state index contributed by atoms with van der Waals surface area (Å²) in [7, 11) is -3.69. The van der Waals surface area contributed by atoms with Crippen molar-refractivity contribution in [2.45, 2.75) is 38.6 Å². The van der Waals surface area contributed by atoms with Crippen LogP contribution in [0, 0.1) is 0 Å². The number of benzene rings is 2. The molecule has 8 heteroatoms. The summed E-state index contributed by atoms with van der Waals surface area (Å²) in [4.78, 5) is 26.6. The van der Waals surface area contributed by atoms with E-state index in [0.29, 0.717) is 24.3 Å². The Morgan fingerprint density at radius 3 is 2.14 bits per heavy atom. The summed E-state index contributed by atoms with van der Waals surface area (Å²) in [5.41, 5.74) is 1.28. The summed E-state index contributed by atoms with van der Waals surface area (Å²) in [6.07, 6.45) is 0. The summed E-state index contributed by atoms with van der Waals surface area (Å²) in [5.74, 6) is -0.502. The number of carbonyl (C=O) groups is 2. The van der Waals surface area contributed by atoms with Crippen LogP contribution < -0.4 is 10.0 Å². The Hall–Kier alpha value is -2.71. The van der Waals surface area contributed by atoms with Gasteiger partial charge in [0.25, 0.3) is 11.8 Å². The summed E-state index contributed by atoms with van der Waals surface area (Å²) in [6.45, 7) is 8.53. The number of rotatable bonds is 8. The largest absolute Gasteiger partial charge is 0.339 e. The first kappa shape index (κ1) is 22.6. The molecule has 0 aliphatic carbocycles. The fourth-order valence-corrected chi connectivity index (χ4v) is 4.07. The number of sulfonamides is 1. The third-order valence-corrected chi connectivity index (χ3v) is 5.89. The Morgan fingerprint density at radius 1 is 0.966 bits per heavy atom. The third kappa shape index (κ3) is 5.88. The van der Waals surface area contributed by atoms with Crippen LogP contribution in [0.25, 0.3) is 0 Å². The van der Waals surface area contributed by atoms with E-state index in [-0.39, 0.29) is 22.4 Å². The van der Waals surface area contributed by atoms with Crippen molar-refractivity contribution in [2.75, 3.05) is 18.4 Å². The van der Waals surface area contributed by atoms with Crippen LogP contribution in [0.3, 0.4) is 0 Å². The van der Waals surface area contributed by atoms with E-state index >= 15 is 0 Å². The molecular formula is C21H27N3O4S. The average molecular weight is 418 g/mol. The monoisotopic (exact) mass is 417 g/mol. The van der Waals surface area contributed by atoms with E-state index in [1.54, 1.807) is 49.1 Å². The van der Waals surface area contributed by atoms with Crippen LogP contribution in [0.1, 0.15) is 48.4 Å². The number of carbonyl (C=O) groups excluding carboxylic acids is 2. The van der Waals surface area contributed by atoms with Gasteiger partial charge in [-0.05, 0) is 70.2 Å². The van der Waals surface area contributed by atoms with Gasteiger partial charge in [-0.25, -0.2) is 13.1 Å². The summed E-state index contributed by atoms with van der Waals surface area (Å²) >= 11 is 0. The van der Waals surface area contributed by atoms with Crippen LogP contribution in [0.2, 0.25) is 0 Å². The Morgan fingerprint density at radius 2 is 1.59 bits per heavy atom. The smallest absolute Gasteiger partial charge is 0.255 e. The molecule has 0 saturated heterocycles. The highest BCUT2D eigenvalue weighted by molar-refractivity contribution is 7.89. The minimum atomic E-state index is -3.69. The quantitative estimate of drug-likeness (QED) is 0.690. The average Bonchev–Trinajstić information content (AvgIpc) is 2.68. The highest BCUT2D eigenvalue weighted by atomic mass is 32.2. The van der Waals surface area contributed by atoms with E-state index in [9.17, 15) is 18.0 Å². The van der Waals surface area contributed by atoms with Gasteiger partial charge in [0.05, 0.1) is 4.90 Å². The lowest BCUT2D eigenvalue weighted by Crippen LogP contribution is -2.30. The Labute approximate surface area is 172 Å². The van der Waals surface area contributed by atoms with Crippen molar-refractivity contribution in [3.8, 4) is 0 Å². The number of hydrogen-bond acceptors (Lipinski definition) is 4. The standard InChI is InChI=1S/C21H27N3O4S/c1-5-24(6-2)21(26)16-10-12-18(13-11-16)22-20(25)17-8-7-9-19(14-17)29(27,28)23-15(3)4/h7-15,23H,5-6H2,1-4H3,(H,22,25). The van der Waals surface area contributed by atoms with Crippen molar-refractivity contribution in [1.29, 1.82) is 0 Å². The van der Waals surface area contributed by atoms with Gasteiger partial charge in [0.15, 0.2) is 0 Å². The maximum Gasteiger partial charge on any atom is 0.255 e. The van der Waals surface area contributed by atoms with Crippen molar-refractivity contribution in [2.24, 2.45) is 0 Å². The third-order valence-electron chi connectivity index (χ3n) is 4.24. The molecule has 2 rings (SSSR count). The molecule has 156 valence electrons. The second kappa shape index (κ2) is 9.67. The van der Waals surface area contributed by atoms with Gasteiger partial charge < -0.3 is 10.2 Å². The lowest BCUT2D eigenvalue weighted by Gasteiger charge is -2.18. The second-order valence-corrected chi connectivity index (χ2v) is 8.53. The van der Waals surface area contributed by atoms with Gasteiger partial charge in [0, 0.05) is 35.9 Å². The highest BCUT2D eigenvalue weighted by Crippen LogP contribution is 2.16. The van der Waals surface area contributed by atoms with Gasteiger partial charge in [0.1, 0.15) is 0 Å². The molecule has 2 amide bonds. The van der Waals surface area contributed by atoms with Gasteiger partial charge in [0.2, 0.25) is 10.0 Å². The second-order valence-electron chi connectivity index (χ2n) is 6.81. The van der Waals surface area contributed by atoms with Gasteiger partial charge in [-0.2, -0.15) is 0 Å². The zero-order valence-corrected chi connectivity index (χ0v) is 17.9. The Bertz CT molecular complexity index is 966. The van der Waals surface area contributed by atoms with Crippen LogP contribution >= 0.6 is 0 Å². The van der Waals surface area contributed by atoms with E-state index in [2.05, 4.69) is 10.0 Å². The van der Waals surface area contributed by atoms with E-state index in [4.69, 9.17) is 0 Å². The topological polar surface area (TPSA) is 95.6 Å². The minimum absolute atomic E-state index is 0.0269. The van der Waals surface area contributed by atoms with Gasteiger partial charge in [-0.3, -0.25) is 9.59 Å². The minimum Gasteiger partial charge on any atom is -0.339 e. The van der Waals surface area contributed by atoms with Crippen molar-refractivity contribution in [1.82, 2.24) is 9.62 Å². The van der Waals surface area contributed by atoms with Crippen molar-refractivity contribution < 1.29 is 18.0 Å². The van der Waals surface area contributed by atoms with Gasteiger partial charge >= 0.3 is 0 Å². The van der Waals surface area contributed by atoms with Gasteiger partial charge in [-0.15, -0.1) is 0 Å². The normalized spacial score (nSPS) is 11.3. The first-order valence-corrected chi connectivity index (χ1v) is 11.0. The molecule has 0 aliphatic heterocycles. The number of nitrogens with one attached hydrogen (secondary N) is 2. The fraction of sp³-hybridized carbons (Fsp3) is 0.333. The maximum absolute atomic E-state index is 12.5. The first-order chi connectivity index (χ1) is 13.7. The van der Waals surface area contributed by atoms with E-state index in [0.717, 1.165) is 0 Å². The molecule has 0 spiro atoms. The molecule has 7 nitrogen and oxygen atoms in total. The van der Waals surface area contributed by atoms with Crippen LogP contribution in [-0.2, 0) is 10.0 Å². The Balaban J connectivity index is 2.15. The van der Waals surface area contributed by atoms with Crippen molar-refractivity contribution in [3.05, 3.63) is 59.7 Å². The predicted octanol–water partition coefficient (Wildman–Crippen LogP) is 3.11. The van der Waals surface area contributed by atoms with Crippen molar-refractivity contribution in [3.63, 3.8) is 0 Å². The molecule has 29 heavy (non-hydrogen) atoms. The lowest BCUT2D eigenvalue weighted by molar-refractivity contribution is 0.0773. The van der Waals surface area contributed by atoms with Gasteiger partial charge in [-0.1, -0.05) is 6.07 Å². The SMILES string of the molecule is CCN(CC)C(=O)c1ccc(NC(=O)c2cccc(S(=O)(=O)NC(C)C)c2)cc1. The molecule has 2 aromatic carbocycles. The predicted molar refractivity (Wildman–Crippen MR) is 114 cm³/mol. The fourth-order valence-electron chi connectivity index (χ4n) is 2.78. The summed E-state index contributed by atoms with van der Waals surface area (Å²) in [6, 6.07) is 12.2.